The second kappa shape index (κ2) is 8.43. The van der Waals surface area contributed by atoms with E-state index < -0.39 is 11.7 Å². The summed E-state index contributed by atoms with van der Waals surface area (Å²) in [6.45, 7) is 0.174. The second-order valence-corrected chi connectivity index (χ2v) is 5.89. The van der Waals surface area contributed by atoms with Gasteiger partial charge in [-0.3, -0.25) is 0 Å². The molecule has 0 radical (unpaired) electrons. The lowest BCUT2D eigenvalue weighted by molar-refractivity contribution is -0.0687. The minimum Gasteiger partial charge on any atom is -0.493 e. The number of aliphatic hydroxyl groups is 1. The number of allylic oxidation sites excluding steroid dienone is 4. The smallest absolute Gasteiger partial charge is 0.417 e. The van der Waals surface area contributed by atoms with E-state index in [1.165, 1.54) is 26.4 Å². The number of alkyl halides is 3. The summed E-state index contributed by atoms with van der Waals surface area (Å²) in [6.07, 6.45) is 2.79. The zero-order valence-corrected chi connectivity index (χ0v) is 14.4. The predicted molar refractivity (Wildman–Crippen MR) is 91.7 cm³/mol. The molecule has 0 amide bonds. The van der Waals surface area contributed by atoms with Gasteiger partial charge < -0.3 is 14.6 Å². The highest BCUT2D eigenvalue weighted by atomic mass is 19.4. The van der Waals surface area contributed by atoms with Gasteiger partial charge in [-0.2, -0.15) is 13.2 Å². The summed E-state index contributed by atoms with van der Waals surface area (Å²) in [4.78, 5) is 0. The molecule has 138 valence electrons. The Kier molecular flexibility index (Phi) is 6.53. The molecule has 0 unspecified atom stereocenters. The normalized spacial score (nSPS) is 15.3. The van der Waals surface area contributed by atoms with Crippen LogP contribution in [0.15, 0.2) is 24.3 Å². The summed E-state index contributed by atoms with van der Waals surface area (Å²) in [5, 5.41) is 8.75. The Hall–Kier alpha value is -1.95. The van der Waals surface area contributed by atoms with Gasteiger partial charge in [0.2, 0.25) is 0 Å². The van der Waals surface area contributed by atoms with Crippen molar-refractivity contribution in [1.29, 1.82) is 0 Å². The van der Waals surface area contributed by atoms with Gasteiger partial charge in [-0.1, -0.05) is 18.9 Å². The van der Waals surface area contributed by atoms with Crippen LogP contribution in [0.4, 0.5) is 13.2 Å². The standard InChI is InChI=1S/C19H23F3O3/c1-24-17-11-14-13(8-6-4-3-5-7-9-23)10-16(19(20,21)22)15(14)12-18(17)25-2/h8,10-12,23H,3-7,9H2,1-2H3/b13-8+. The van der Waals surface area contributed by atoms with Crippen molar-refractivity contribution in [3.8, 4) is 11.5 Å². The average Bonchev–Trinajstić information content (AvgIpc) is 2.94. The minimum absolute atomic E-state index is 0.122. The number of ether oxygens (including phenoxy) is 2. The fourth-order valence-corrected chi connectivity index (χ4v) is 2.92. The Balaban J connectivity index is 2.29. The van der Waals surface area contributed by atoms with Crippen LogP contribution in [0.25, 0.3) is 11.1 Å². The fraction of sp³-hybridized carbons (Fsp3) is 0.474. The molecule has 0 heterocycles. The number of halogens is 3. The van der Waals surface area contributed by atoms with Crippen molar-refractivity contribution < 1.29 is 27.8 Å². The number of unbranched alkanes of at least 4 members (excludes halogenated alkanes) is 4. The summed E-state index contributed by atoms with van der Waals surface area (Å²) in [5.41, 5.74) is 0.539. The molecule has 1 aromatic rings. The van der Waals surface area contributed by atoms with E-state index in [0.717, 1.165) is 25.7 Å². The molecule has 0 saturated heterocycles. The summed E-state index contributed by atoms with van der Waals surface area (Å²) in [6, 6.07) is 2.98. The highest BCUT2D eigenvalue weighted by molar-refractivity contribution is 5.98. The van der Waals surface area contributed by atoms with Gasteiger partial charge in [0.15, 0.2) is 11.5 Å². The molecule has 0 aliphatic heterocycles. The van der Waals surface area contributed by atoms with Crippen LogP contribution in [0, 0.1) is 0 Å². The molecule has 0 spiro atoms. The summed E-state index contributed by atoms with van der Waals surface area (Å²) < 4.78 is 50.5. The molecule has 0 atom stereocenters. The van der Waals surface area contributed by atoms with Crippen LogP contribution in [-0.4, -0.2) is 32.1 Å². The molecular formula is C19H23F3O3. The SMILES string of the molecule is COc1cc2c(cc1OC)/C(=C/CCCCCCO)C=C2C(F)(F)F. The zero-order chi connectivity index (χ0) is 18.4. The van der Waals surface area contributed by atoms with E-state index >= 15 is 0 Å². The van der Waals surface area contributed by atoms with Crippen LogP contribution in [0.5, 0.6) is 11.5 Å². The molecular weight excluding hydrogens is 333 g/mol. The highest BCUT2D eigenvalue weighted by Gasteiger charge is 2.39. The van der Waals surface area contributed by atoms with Gasteiger partial charge in [-0.25, -0.2) is 0 Å². The van der Waals surface area contributed by atoms with Gasteiger partial charge >= 0.3 is 6.18 Å². The van der Waals surface area contributed by atoms with Crippen molar-refractivity contribution in [3.63, 3.8) is 0 Å². The minimum atomic E-state index is -4.43. The van der Waals surface area contributed by atoms with E-state index in [9.17, 15) is 13.2 Å². The van der Waals surface area contributed by atoms with E-state index in [1.807, 2.05) is 6.08 Å². The highest BCUT2D eigenvalue weighted by Crippen LogP contribution is 2.47. The molecule has 0 saturated carbocycles. The van der Waals surface area contributed by atoms with Crippen molar-refractivity contribution in [2.45, 2.75) is 38.3 Å². The maximum atomic E-state index is 13.4. The molecule has 1 N–H and O–H groups in total. The van der Waals surface area contributed by atoms with E-state index in [4.69, 9.17) is 14.6 Å². The third-order valence-electron chi connectivity index (χ3n) is 4.21. The molecule has 0 bridgehead atoms. The van der Waals surface area contributed by atoms with Crippen molar-refractivity contribution in [2.24, 2.45) is 0 Å². The van der Waals surface area contributed by atoms with Crippen LogP contribution in [0.3, 0.4) is 0 Å². The Morgan fingerprint density at radius 2 is 1.56 bits per heavy atom. The molecule has 1 aliphatic carbocycles. The Labute approximate surface area is 145 Å². The molecule has 2 rings (SSSR count). The number of fused-ring (bicyclic) bond motifs is 1. The third-order valence-corrected chi connectivity index (χ3v) is 4.21. The Morgan fingerprint density at radius 1 is 0.960 bits per heavy atom. The van der Waals surface area contributed by atoms with Crippen LogP contribution < -0.4 is 9.47 Å². The van der Waals surface area contributed by atoms with Crippen LogP contribution in [0.2, 0.25) is 0 Å². The molecule has 1 aliphatic rings. The van der Waals surface area contributed by atoms with E-state index in [1.54, 1.807) is 6.07 Å². The van der Waals surface area contributed by atoms with Gasteiger partial charge in [-0.05, 0) is 54.2 Å². The summed E-state index contributed by atoms with van der Waals surface area (Å²) in [5.74, 6) is 0.688. The lowest BCUT2D eigenvalue weighted by Crippen LogP contribution is -2.09. The second-order valence-electron chi connectivity index (χ2n) is 5.89. The number of methoxy groups -OCH3 is 2. The third kappa shape index (κ3) is 4.57. The van der Waals surface area contributed by atoms with Crippen LogP contribution >= 0.6 is 0 Å². The zero-order valence-electron chi connectivity index (χ0n) is 14.4. The van der Waals surface area contributed by atoms with Gasteiger partial charge in [0, 0.05) is 6.61 Å². The molecule has 3 nitrogen and oxygen atoms in total. The van der Waals surface area contributed by atoms with Crippen LogP contribution in [-0.2, 0) is 0 Å². The predicted octanol–water partition coefficient (Wildman–Crippen LogP) is 4.99. The van der Waals surface area contributed by atoms with Gasteiger partial charge in [0.25, 0.3) is 0 Å². The van der Waals surface area contributed by atoms with Gasteiger partial charge in [0.05, 0.1) is 19.8 Å². The quantitative estimate of drug-likeness (QED) is 0.667. The average molecular weight is 356 g/mol. The first-order valence-electron chi connectivity index (χ1n) is 8.29. The monoisotopic (exact) mass is 356 g/mol. The van der Waals surface area contributed by atoms with Crippen molar-refractivity contribution in [3.05, 3.63) is 35.4 Å². The largest absolute Gasteiger partial charge is 0.493 e. The van der Waals surface area contributed by atoms with Crippen molar-refractivity contribution in [1.82, 2.24) is 0 Å². The number of benzene rings is 1. The van der Waals surface area contributed by atoms with Crippen molar-refractivity contribution in [2.75, 3.05) is 20.8 Å². The van der Waals surface area contributed by atoms with Gasteiger partial charge in [0.1, 0.15) is 0 Å². The van der Waals surface area contributed by atoms with E-state index in [0.29, 0.717) is 23.3 Å². The molecule has 0 fully saturated rings. The molecule has 0 aromatic heterocycles. The maximum Gasteiger partial charge on any atom is 0.417 e. The summed E-state index contributed by atoms with van der Waals surface area (Å²) >= 11 is 0. The van der Waals surface area contributed by atoms with E-state index in [2.05, 4.69) is 0 Å². The first kappa shape index (κ1) is 19.4. The topological polar surface area (TPSA) is 38.7 Å². The molecule has 6 heteroatoms. The number of hydrogen-bond donors (Lipinski definition) is 1. The maximum absolute atomic E-state index is 13.4. The number of hydrogen-bond acceptors (Lipinski definition) is 3. The van der Waals surface area contributed by atoms with Crippen molar-refractivity contribution >= 4 is 11.1 Å². The van der Waals surface area contributed by atoms with Gasteiger partial charge in [-0.15, -0.1) is 0 Å². The molecule has 1 aromatic carbocycles. The Morgan fingerprint density at radius 3 is 2.12 bits per heavy atom. The number of rotatable bonds is 8. The Bertz CT molecular complexity index is 661. The fourth-order valence-electron chi connectivity index (χ4n) is 2.92. The first-order chi connectivity index (χ1) is 11.9. The van der Waals surface area contributed by atoms with Crippen LogP contribution in [0.1, 0.15) is 43.2 Å². The lowest BCUT2D eigenvalue weighted by Gasteiger charge is -2.14. The van der Waals surface area contributed by atoms with E-state index in [-0.39, 0.29) is 17.9 Å². The first-order valence-corrected chi connectivity index (χ1v) is 8.29. The molecule has 25 heavy (non-hydrogen) atoms. The number of aliphatic hydroxyl groups excluding tert-OH is 1. The lowest BCUT2D eigenvalue weighted by atomic mass is 10.0. The summed E-state index contributed by atoms with van der Waals surface area (Å²) in [7, 11) is 2.86.